The fourth-order valence-corrected chi connectivity index (χ4v) is 3.57. The van der Waals surface area contributed by atoms with Gasteiger partial charge in [-0.2, -0.15) is 0 Å². The van der Waals surface area contributed by atoms with E-state index in [-0.39, 0.29) is 0 Å². The SMILES string of the molecule is O=C(Nc1ccccc1)OC1(c2cc3ccccc3o2)CCCCC1. The first-order chi connectivity index (χ1) is 12.3. The molecule has 1 aliphatic carbocycles. The number of para-hydroxylation sites is 2. The molecule has 1 fully saturated rings. The second-order valence-corrected chi connectivity index (χ2v) is 6.58. The van der Waals surface area contributed by atoms with Gasteiger partial charge in [-0.1, -0.05) is 42.8 Å². The Labute approximate surface area is 146 Å². The molecule has 1 amide bonds. The summed E-state index contributed by atoms with van der Waals surface area (Å²) >= 11 is 0. The maximum atomic E-state index is 12.5. The summed E-state index contributed by atoms with van der Waals surface area (Å²) in [5, 5.41) is 3.85. The van der Waals surface area contributed by atoms with Crippen LogP contribution in [-0.2, 0) is 10.3 Å². The van der Waals surface area contributed by atoms with Crippen molar-refractivity contribution in [3.63, 3.8) is 0 Å². The summed E-state index contributed by atoms with van der Waals surface area (Å²) < 4.78 is 12.0. The Morgan fingerprint density at radius 1 is 0.960 bits per heavy atom. The van der Waals surface area contributed by atoms with Crippen molar-refractivity contribution in [1.29, 1.82) is 0 Å². The molecule has 1 aromatic heterocycles. The van der Waals surface area contributed by atoms with E-state index in [1.165, 1.54) is 0 Å². The minimum atomic E-state index is -0.684. The third kappa shape index (κ3) is 3.25. The first-order valence-corrected chi connectivity index (χ1v) is 8.79. The van der Waals surface area contributed by atoms with Gasteiger partial charge in [0, 0.05) is 11.1 Å². The van der Waals surface area contributed by atoms with E-state index in [4.69, 9.17) is 9.15 Å². The molecule has 4 nitrogen and oxygen atoms in total. The van der Waals surface area contributed by atoms with Gasteiger partial charge in [0.2, 0.25) is 0 Å². The molecule has 0 unspecified atom stereocenters. The number of ether oxygens (including phenoxy) is 1. The van der Waals surface area contributed by atoms with E-state index in [0.29, 0.717) is 0 Å². The van der Waals surface area contributed by atoms with Gasteiger partial charge in [-0.15, -0.1) is 0 Å². The molecule has 4 rings (SSSR count). The van der Waals surface area contributed by atoms with Gasteiger partial charge >= 0.3 is 6.09 Å². The van der Waals surface area contributed by atoms with Crippen LogP contribution in [0.2, 0.25) is 0 Å². The summed E-state index contributed by atoms with van der Waals surface area (Å²) in [6, 6.07) is 19.3. The highest BCUT2D eigenvalue weighted by Gasteiger charge is 2.41. The number of anilines is 1. The summed E-state index contributed by atoms with van der Waals surface area (Å²) in [7, 11) is 0. The topological polar surface area (TPSA) is 51.5 Å². The van der Waals surface area contributed by atoms with E-state index in [1.807, 2.05) is 60.7 Å². The smallest absolute Gasteiger partial charge is 0.412 e. The number of furan rings is 1. The van der Waals surface area contributed by atoms with Crippen LogP contribution < -0.4 is 5.32 Å². The molecule has 0 aliphatic heterocycles. The molecule has 0 spiro atoms. The molecular formula is C21H21NO3. The molecular weight excluding hydrogens is 314 g/mol. The van der Waals surface area contributed by atoms with E-state index in [1.54, 1.807) is 0 Å². The molecule has 0 saturated heterocycles. The molecule has 25 heavy (non-hydrogen) atoms. The highest BCUT2D eigenvalue weighted by Crippen LogP contribution is 2.42. The van der Waals surface area contributed by atoms with Gasteiger partial charge in [-0.05, 0) is 49.9 Å². The Hall–Kier alpha value is -2.75. The molecule has 1 heterocycles. The van der Waals surface area contributed by atoms with Gasteiger partial charge in [0.1, 0.15) is 11.3 Å². The monoisotopic (exact) mass is 335 g/mol. The second kappa shape index (κ2) is 6.63. The van der Waals surface area contributed by atoms with Crippen LogP contribution in [0.3, 0.4) is 0 Å². The molecule has 0 radical (unpaired) electrons. The van der Waals surface area contributed by atoms with E-state index >= 15 is 0 Å². The minimum Gasteiger partial charge on any atom is -0.457 e. The number of hydrogen-bond donors (Lipinski definition) is 1. The maximum Gasteiger partial charge on any atom is 0.412 e. The summed E-state index contributed by atoms with van der Waals surface area (Å²) in [5.74, 6) is 0.747. The molecule has 1 aliphatic rings. The average Bonchev–Trinajstić information content (AvgIpc) is 3.08. The molecule has 4 heteroatoms. The number of hydrogen-bond acceptors (Lipinski definition) is 3. The summed E-state index contributed by atoms with van der Waals surface area (Å²) in [5.41, 5.74) is 0.869. The van der Waals surface area contributed by atoms with Crippen molar-refractivity contribution < 1.29 is 13.9 Å². The molecule has 1 N–H and O–H groups in total. The van der Waals surface area contributed by atoms with Crippen molar-refractivity contribution in [3.05, 3.63) is 66.4 Å². The van der Waals surface area contributed by atoms with Gasteiger partial charge in [-0.3, -0.25) is 5.32 Å². The van der Waals surface area contributed by atoms with Crippen molar-refractivity contribution in [1.82, 2.24) is 0 Å². The molecule has 2 aromatic carbocycles. The summed E-state index contributed by atoms with van der Waals surface area (Å²) in [6.07, 6.45) is 4.34. The number of benzene rings is 2. The third-order valence-electron chi connectivity index (χ3n) is 4.84. The quantitative estimate of drug-likeness (QED) is 0.654. The number of amides is 1. The Bertz CT molecular complexity index is 830. The number of nitrogens with one attached hydrogen (secondary N) is 1. The van der Waals surface area contributed by atoms with Crippen LogP contribution in [0.5, 0.6) is 0 Å². The van der Waals surface area contributed by atoms with E-state index in [2.05, 4.69) is 5.32 Å². The zero-order valence-electron chi connectivity index (χ0n) is 14.0. The van der Waals surface area contributed by atoms with Gasteiger partial charge in [0.05, 0.1) is 0 Å². The predicted molar refractivity (Wildman–Crippen MR) is 97.5 cm³/mol. The van der Waals surface area contributed by atoms with E-state index in [0.717, 1.165) is 54.5 Å². The van der Waals surface area contributed by atoms with Gasteiger partial charge in [0.15, 0.2) is 5.60 Å². The number of rotatable bonds is 3. The first kappa shape index (κ1) is 15.8. The Balaban J connectivity index is 1.61. The van der Waals surface area contributed by atoms with Crippen molar-refractivity contribution in [2.75, 3.05) is 5.32 Å². The Morgan fingerprint density at radius 3 is 2.44 bits per heavy atom. The number of carbonyl (C=O) groups excluding carboxylic acids is 1. The normalized spacial score (nSPS) is 16.5. The van der Waals surface area contributed by atoms with Crippen LogP contribution in [0, 0.1) is 0 Å². The first-order valence-electron chi connectivity index (χ1n) is 8.79. The molecule has 128 valence electrons. The standard InChI is InChI=1S/C21H21NO3/c23-20(22-17-10-3-1-4-11-17)25-21(13-7-2-8-14-21)19-15-16-9-5-6-12-18(16)24-19/h1,3-6,9-12,15H,2,7-8,13-14H2,(H,22,23). The fourth-order valence-electron chi connectivity index (χ4n) is 3.57. The molecule has 0 atom stereocenters. The van der Waals surface area contributed by atoms with E-state index < -0.39 is 11.7 Å². The van der Waals surface area contributed by atoms with Crippen molar-refractivity contribution in [2.45, 2.75) is 37.7 Å². The van der Waals surface area contributed by atoms with Crippen LogP contribution in [0.25, 0.3) is 11.0 Å². The number of fused-ring (bicyclic) bond motifs is 1. The summed E-state index contributed by atoms with van der Waals surface area (Å²) in [4.78, 5) is 12.5. The lowest BCUT2D eigenvalue weighted by Crippen LogP contribution is -2.36. The molecule has 3 aromatic rings. The van der Waals surface area contributed by atoms with Gasteiger partial charge in [-0.25, -0.2) is 4.79 Å². The van der Waals surface area contributed by atoms with Gasteiger partial charge in [0.25, 0.3) is 0 Å². The Kier molecular flexibility index (Phi) is 4.18. The largest absolute Gasteiger partial charge is 0.457 e. The molecule has 1 saturated carbocycles. The summed E-state index contributed by atoms with van der Waals surface area (Å²) in [6.45, 7) is 0. The third-order valence-corrected chi connectivity index (χ3v) is 4.84. The highest BCUT2D eigenvalue weighted by atomic mass is 16.6. The van der Waals surface area contributed by atoms with Crippen molar-refractivity contribution in [2.24, 2.45) is 0 Å². The van der Waals surface area contributed by atoms with Crippen molar-refractivity contribution >= 4 is 22.7 Å². The number of carbonyl (C=O) groups is 1. The minimum absolute atomic E-state index is 0.437. The maximum absolute atomic E-state index is 12.5. The Morgan fingerprint density at radius 2 is 1.68 bits per heavy atom. The zero-order chi connectivity index (χ0) is 17.1. The van der Waals surface area contributed by atoms with Crippen LogP contribution in [0.15, 0.2) is 65.1 Å². The average molecular weight is 335 g/mol. The van der Waals surface area contributed by atoms with Crippen LogP contribution >= 0.6 is 0 Å². The second-order valence-electron chi connectivity index (χ2n) is 6.58. The van der Waals surface area contributed by atoms with Crippen LogP contribution in [0.4, 0.5) is 10.5 Å². The van der Waals surface area contributed by atoms with E-state index in [9.17, 15) is 4.79 Å². The van der Waals surface area contributed by atoms with Crippen LogP contribution in [0.1, 0.15) is 37.9 Å². The lowest BCUT2D eigenvalue weighted by atomic mass is 9.82. The van der Waals surface area contributed by atoms with Crippen molar-refractivity contribution in [3.8, 4) is 0 Å². The van der Waals surface area contributed by atoms with Crippen LogP contribution in [-0.4, -0.2) is 6.09 Å². The zero-order valence-corrected chi connectivity index (χ0v) is 14.0. The molecule has 0 bridgehead atoms. The fraction of sp³-hybridized carbons (Fsp3) is 0.286. The lowest BCUT2D eigenvalue weighted by Gasteiger charge is -2.34. The highest BCUT2D eigenvalue weighted by molar-refractivity contribution is 5.85. The lowest BCUT2D eigenvalue weighted by molar-refractivity contribution is -0.0291. The van der Waals surface area contributed by atoms with Gasteiger partial charge < -0.3 is 9.15 Å². The predicted octanol–water partition coefficient (Wildman–Crippen LogP) is 5.84.